The molecule has 0 amide bonds. The van der Waals surface area contributed by atoms with Gasteiger partial charge in [0.15, 0.2) is 23.1 Å². The molecule has 8 nitrogen and oxygen atoms in total. The lowest BCUT2D eigenvalue weighted by molar-refractivity contribution is 0.354. The molecule has 10 heteroatoms. The molecule has 35 heavy (non-hydrogen) atoms. The number of ether oxygens (including phenoxy) is 2. The predicted molar refractivity (Wildman–Crippen MR) is 131 cm³/mol. The van der Waals surface area contributed by atoms with Crippen molar-refractivity contribution >= 4 is 32.7 Å². The number of hydrogen-bond acceptors (Lipinski definition) is 7. The van der Waals surface area contributed by atoms with Crippen LogP contribution in [-0.4, -0.2) is 45.8 Å². The van der Waals surface area contributed by atoms with E-state index >= 15 is 0 Å². The van der Waals surface area contributed by atoms with Gasteiger partial charge in [-0.15, -0.1) is 0 Å². The summed E-state index contributed by atoms with van der Waals surface area (Å²) < 4.78 is 52.4. The zero-order valence-electron chi connectivity index (χ0n) is 19.2. The highest BCUT2D eigenvalue weighted by molar-refractivity contribution is 7.92. The first kappa shape index (κ1) is 22.9. The van der Waals surface area contributed by atoms with Gasteiger partial charge >= 0.3 is 0 Å². The summed E-state index contributed by atoms with van der Waals surface area (Å²) in [7, 11) is -0.825. The van der Waals surface area contributed by atoms with E-state index in [1.165, 1.54) is 16.4 Å². The number of halogens is 1. The maximum absolute atomic E-state index is 13.5. The van der Waals surface area contributed by atoms with E-state index in [4.69, 9.17) is 14.5 Å². The van der Waals surface area contributed by atoms with Crippen LogP contribution >= 0.6 is 0 Å². The molecule has 3 aromatic carbocycles. The van der Waals surface area contributed by atoms with Crippen molar-refractivity contribution in [1.82, 2.24) is 9.97 Å². The molecule has 0 aliphatic carbocycles. The van der Waals surface area contributed by atoms with Crippen LogP contribution in [0.4, 0.5) is 16.0 Å². The van der Waals surface area contributed by atoms with E-state index in [2.05, 4.69) is 4.98 Å². The average molecular weight is 495 g/mol. The van der Waals surface area contributed by atoms with Crippen LogP contribution in [0.1, 0.15) is 5.56 Å². The van der Waals surface area contributed by atoms with Crippen molar-refractivity contribution in [2.45, 2.75) is 11.3 Å². The largest absolute Gasteiger partial charge is 0.493 e. The Morgan fingerprint density at radius 2 is 1.54 bits per heavy atom. The lowest BCUT2D eigenvalue weighted by atomic mass is 10.1. The number of anilines is 2. The average Bonchev–Trinajstić information content (AvgIpc) is 3.24. The molecule has 0 unspecified atom stereocenters. The normalized spacial score (nSPS) is 13.2. The fourth-order valence-corrected chi connectivity index (χ4v) is 5.43. The summed E-state index contributed by atoms with van der Waals surface area (Å²) in [6.07, 6.45) is 0.610. The molecule has 0 saturated heterocycles. The van der Waals surface area contributed by atoms with Gasteiger partial charge in [0.25, 0.3) is 10.0 Å². The molecule has 0 fully saturated rings. The molecule has 1 aromatic heterocycles. The molecule has 0 saturated carbocycles. The number of para-hydroxylation sites is 2. The maximum atomic E-state index is 13.5. The highest BCUT2D eigenvalue weighted by Gasteiger charge is 2.37. The minimum atomic E-state index is -3.99. The molecule has 0 atom stereocenters. The Labute approximate surface area is 202 Å². The van der Waals surface area contributed by atoms with Gasteiger partial charge in [0.05, 0.1) is 30.1 Å². The number of aromatic nitrogens is 2. The van der Waals surface area contributed by atoms with Crippen LogP contribution in [0.3, 0.4) is 0 Å². The van der Waals surface area contributed by atoms with Crippen LogP contribution in [0.2, 0.25) is 0 Å². The van der Waals surface area contributed by atoms with Gasteiger partial charge in [-0.3, -0.25) is 0 Å². The zero-order valence-corrected chi connectivity index (χ0v) is 20.0. The van der Waals surface area contributed by atoms with Crippen molar-refractivity contribution in [3.63, 3.8) is 0 Å². The Morgan fingerprint density at radius 3 is 2.20 bits per heavy atom. The van der Waals surface area contributed by atoms with Crippen molar-refractivity contribution in [3.05, 3.63) is 78.1 Å². The molecular weight excluding hydrogens is 471 g/mol. The summed E-state index contributed by atoms with van der Waals surface area (Å²) in [5, 5.41) is 0. The number of sulfonamides is 1. The predicted octanol–water partition coefficient (Wildman–Crippen LogP) is 4.00. The summed E-state index contributed by atoms with van der Waals surface area (Å²) in [6, 6.07) is 17.8. The summed E-state index contributed by atoms with van der Waals surface area (Å²) in [5.41, 5.74) is 2.26. The van der Waals surface area contributed by atoms with Gasteiger partial charge in [0.2, 0.25) is 0 Å². The molecule has 1 aliphatic rings. The van der Waals surface area contributed by atoms with Crippen LogP contribution in [0.5, 0.6) is 11.5 Å². The minimum Gasteiger partial charge on any atom is -0.493 e. The van der Waals surface area contributed by atoms with Crippen LogP contribution in [0.15, 0.2) is 71.6 Å². The van der Waals surface area contributed by atoms with Crippen molar-refractivity contribution < 1.29 is 22.3 Å². The molecule has 0 spiro atoms. The first-order valence-electron chi connectivity index (χ1n) is 10.9. The minimum absolute atomic E-state index is 0.0125. The molecule has 180 valence electrons. The second-order valence-corrected chi connectivity index (χ2v) is 9.87. The highest BCUT2D eigenvalue weighted by atomic mass is 32.2. The Balaban J connectivity index is 1.50. The number of nitrogens with zero attached hydrogens (tertiary/aromatic N) is 4. The van der Waals surface area contributed by atoms with E-state index in [1.54, 1.807) is 20.3 Å². The van der Waals surface area contributed by atoms with Gasteiger partial charge in [0, 0.05) is 6.54 Å². The van der Waals surface area contributed by atoms with E-state index < -0.39 is 15.8 Å². The fraction of sp³-hybridized carbons (Fsp3) is 0.200. The van der Waals surface area contributed by atoms with Gasteiger partial charge in [-0.25, -0.2) is 27.1 Å². The van der Waals surface area contributed by atoms with Gasteiger partial charge in [-0.05, 0) is 60.5 Å². The Hall–Kier alpha value is -3.92. The first-order valence-corrected chi connectivity index (χ1v) is 12.4. The van der Waals surface area contributed by atoms with E-state index in [0.717, 1.165) is 17.7 Å². The van der Waals surface area contributed by atoms with Crippen LogP contribution < -0.4 is 18.7 Å². The third kappa shape index (κ3) is 4.21. The lowest BCUT2D eigenvalue weighted by Crippen LogP contribution is -2.36. The summed E-state index contributed by atoms with van der Waals surface area (Å²) in [6.45, 7) is 0.531. The summed E-state index contributed by atoms with van der Waals surface area (Å²) in [5.74, 6) is 1.48. The van der Waals surface area contributed by atoms with Crippen molar-refractivity contribution in [2.24, 2.45) is 0 Å². The van der Waals surface area contributed by atoms with Crippen molar-refractivity contribution in [1.29, 1.82) is 0 Å². The number of methoxy groups -OCH3 is 2. The Kier molecular flexibility index (Phi) is 5.89. The smallest absolute Gasteiger partial charge is 0.267 e. The second kappa shape index (κ2) is 9.03. The molecule has 0 radical (unpaired) electrons. The Morgan fingerprint density at radius 1 is 0.886 bits per heavy atom. The molecule has 0 N–H and O–H groups in total. The number of fused-ring (bicyclic) bond motifs is 2. The second-order valence-electron chi connectivity index (χ2n) is 8.01. The lowest BCUT2D eigenvalue weighted by Gasteiger charge is -2.21. The number of rotatable bonds is 7. The number of benzene rings is 3. The van der Waals surface area contributed by atoms with Gasteiger partial charge < -0.3 is 14.4 Å². The summed E-state index contributed by atoms with van der Waals surface area (Å²) >= 11 is 0. The van der Waals surface area contributed by atoms with E-state index in [1.807, 2.05) is 41.3 Å². The zero-order chi connectivity index (χ0) is 24.6. The topological polar surface area (TPSA) is 84.9 Å². The molecular formula is C25H23FN4O4S. The Bertz CT molecular complexity index is 1500. The SMILES string of the molecule is COc1ccc(CCN2CN(S(=O)(=O)c3ccc(F)cc3)c3nc4ccccc4nc32)cc1OC. The van der Waals surface area contributed by atoms with Crippen LogP contribution in [0, 0.1) is 5.82 Å². The van der Waals surface area contributed by atoms with E-state index in [-0.39, 0.29) is 17.4 Å². The third-order valence-corrected chi connectivity index (χ3v) is 7.63. The highest BCUT2D eigenvalue weighted by Crippen LogP contribution is 2.38. The standard InChI is InChI=1S/C25H23FN4O4S/c1-33-22-12-7-17(15-23(22)34-2)13-14-29-16-30(35(31,32)19-10-8-18(26)9-11-19)25-24(29)27-20-5-3-4-6-21(20)28-25/h3-12,15H,13-14,16H2,1-2H3. The van der Waals surface area contributed by atoms with Gasteiger partial charge in [0.1, 0.15) is 12.5 Å². The quantitative estimate of drug-likeness (QED) is 0.384. The van der Waals surface area contributed by atoms with E-state index in [0.29, 0.717) is 41.3 Å². The van der Waals surface area contributed by atoms with Crippen LogP contribution in [-0.2, 0) is 16.4 Å². The molecule has 0 bridgehead atoms. The van der Waals surface area contributed by atoms with Crippen LogP contribution in [0.25, 0.3) is 11.0 Å². The molecule has 5 rings (SSSR count). The first-order chi connectivity index (χ1) is 16.9. The molecule has 1 aliphatic heterocycles. The molecule has 2 heterocycles. The third-order valence-electron chi connectivity index (χ3n) is 5.89. The van der Waals surface area contributed by atoms with Crippen molar-refractivity contribution in [3.8, 4) is 11.5 Å². The maximum Gasteiger partial charge on any atom is 0.267 e. The van der Waals surface area contributed by atoms with Gasteiger partial charge in [-0.2, -0.15) is 0 Å². The summed E-state index contributed by atoms with van der Waals surface area (Å²) in [4.78, 5) is 11.2. The molecule has 4 aromatic rings. The number of hydrogen-bond donors (Lipinski definition) is 0. The van der Waals surface area contributed by atoms with Crippen molar-refractivity contribution in [2.75, 3.05) is 36.6 Å². The van der Waals surface area contributed by atoms with Gasteiger partial charge in [-0.1, -0.05) is 18.2 Å². The monoisotopic (exact) mass is 494 g/mol. The fourth-order valence-electron chi connectivity index (χ4n) is 4.05. The van der Waals surface area contributed by atoms with E-state index in [9.17, 15) is 12.8 Å².